The van der Waals surface area contributed by atoms with Gasteiger partial charge in [0.25, 0.3) is 0 Å². The van der Waals surface area contributed by atoms with Crippen LogP contribution in [-0.2, 0) is 0 Å². The Morgan fingerprint density at radius 3 is 2.67 bits per heavy atom. The van der Waals surface area contributed by atoms with Gasteiger partial charge >= 0.3 is 0 Å². The van der Waals surface area contributed by atoms with Crippen LogP contribution in [0, 0.1) is 24.5 Å². The molecule has 1 nitrogen and oxygen atoms in total. The molecule has 0 spiro atoms. The van der Waals surface area contributed by atoms with Gasteiger partial charge in [-0.15, -0.1) is 0 Å². The van der Waals surface area contributed by atoms with Crippen molar-refractivity contribution in [2.24, 2.45) is 5.92 Å². The van der Waals surface area contributed by atoms with Crippen LogP contribution in [0.25, 0.3) is 0 Å². The molecule has 0 saturated heterocycles. The maximum atomic E-state index is 13.9. The number of anilines is 1. The Hall–Kier alpha value is -1.12. The summed E-state index contributed by atoms with van der Waals surface area (Å²) in [7, 11) is 0. The third kappa shape index (κ3) is 3.01. The summed E-state index contributed by atoms with van der Waals surface area (Å²) >= 11 is 0. The Morgan fingerprint density at radius 1 is 1.11 bits per heavy atom. The summed E-state index contributed by atoms with van der Waals surface area (Å²) in [6.07, 6.45) is 5.47. The van der Waals surface area contributed by atoms with Crippen molar-refractivity contribution in [1.29, 1.82) is 0 Å². The van der Waals surface area contributed by atoms with Gasteiger partial charge in [-0.3, -0.25) is 0 Å². The van der Waals surface area contributed by atoms with Gasteiger partial charge in [0.15, 0.2) is 5.82 Å². The summed E-state index contributed by atoms with van der Waals surface area (Å²) in [5.41, 5.74) is 0.537. The van der Waals surface area contributed by atoms with Gasteiger partial charge < -0.3 is 5.32 Å². The number of hydrogen-bond donors (Lipinski definition) is 1. The van der Waals surface area contributed by atoms with E-state index in [0.29, 0.717) is 5.56 Å². The SMILES string of the molecule is Cc1ccc(F)c(NC2CCCC(C)CC2)c1F. The van der Waals surface area contributed by atoms with E-state index in [0.717, 1.165) is 31.6 Å². The molecule has 0 radical (unpaired) electrons. The van der Waals surface area contributed by atoms with Crippen LogP contribution in [0.1, 0.15) is 44.6 Å². The zero-order valence-electron chi connectivity index (χ0n) is 11.1. The molecule has 0 aliphatic heterocycles. The van der Waals surface area contributed by atoms with Crippen LogP contribution in [0.5, 0.6) is 0 Å². The Morgan fingerprint density at radius 2 is 1.89 bits per heavy atom. The molecule has 1 saturated carbocycles. The number of nitrogens with one attached hydrogen (secondary N) is 1. The maximum absolute atomic E-state index is 13.9. The molecule has 3 heteroatoms. The van der Waals surface area contributed by atoms with E-state index in [1.54, 1.807) is 6.92 Å². The van der Waals surface area contributed by atoms with Crippen LogP contribution >= 0.6 is 0 Å². The third-order valence-corrected chi connectivity index (χ3v) is 3.89. The van der Waals surface area contributed by atoms with Gasteiger partial charge in [-0.1, -0.05) is 25.8 Å². The van der Waals surface area contributed by atoms with Crippen molar-refractivity contribution >= 4 is 5.69 Å². The molecule has 1 aliphatic carbocycles. The summed E-state index contributed by atoms with van der Waals surface area (Å²) in [5.74, 6) is -0.216. The molecule has 0 heterocycles. The minimum absolute atomic E-state index is 0.0505. The number of aryl methyl sites for hydroxylation is 1. The van der Waals surface area contributed by atoms with Gasteiger partial charge in [-0.25, -0.2) is 8.78 Å². The highest BCUT2D eigenvalue weighted by Crippen LogP contribution is 2.28. The van der Waals surface area contributed by atoms with E-state index in [1.807, 2.05) is 0 Å². The van der Waals surface area contributed by atoms with E-state index >= 15 is 0 Å². The average molecular weight is 253 g/mol. The number of benzene rings is 1. The minimum Gasteiger partial charge on any atom is -0.378 e. The molecule has 1 aromatic carbocycles. The molecule has 1 aliphatic rings. The highest BCUT2D eigenvalue weighted by atomic mass is 19.1. The Balaban J connectivity index is 2.11. The largest absolute Gasteiger partial charge is 0.378 e. The zero-order chi connectivity index (χ0) is 13.1. The third-order valence-electron chi connectivity index (χ3n) is 3.89. The first-order valence-electron chi connectivity index (χ1n) is 6.79. The van der Waals surface area contributed by atoms with Gasteiger partial charge in [0, 0.05) is 6.04 Å². The second-order valence-corrected chi connectivity index (χ2v) is 5.51. The lowest BCUT2D eigenvalue weighted by atomic mass is 10.0. The molecular formula is C15H21F2N. The van der Waals surface area contributed by atoms with Gasteiger partial charge in [-0.05, 0) is 43.7 Å². The van der Waals surface area contributed by atoms with E-state index in [4.69, 9.17) is 0 Å². The Labute approximate surface area is 108 Å². The van der Waals surface area contributed by atoms with E-state index in [2.05, 4.69) is 12.2 Å². The first kappa shape index (κ1) is 13.3. The second kappa shape index (κ2) is 5.68. The zero-order valence-corrected chi connectivity index (χ0v) is 11.1. The lowest BCUT2D eigenvalue weighted by Gasteiger charge is -2.19. The van der Waals surface area contributed by atoms with Crippen LogP contribution in [0.15, 0.2) is 12.1 Å². The normalized spacial score (nSPS) is 24.7. The number of hydrogen-bond acceptors (Lipinski definition) is 1. The Bertz CT molecular complexity index is 417. The fraction of sp³-hybridized carbons (Fsp3) is 0.600. The molecule has 18 heavy (non-hydrogen) atoms. The van der Waals surface area contributed by atoms with E-state index in [1.165, 1.54) is 18.6 Å². The summed E-state index contributed by atoms with van der Waals surface area (Å²) in [6.45, 7) is 3.91. The van der Waals surface area contributed by atoms with E-state index in [-0.39, 0.29) is 11.7 Å². The molecule has 0 bridgehead atoms. The summed E-state index contributed by atoms with van der Waals surface area (Å²) in [4.78, 5) is 0. The molecule has 1 fully saturated rings. The average Bonchev–Trinajstić information content (AvgIpc) is 2.55. The van der Waals surface area contributed by atoms with Crippen LogP contribution in [0.3, 0.4) is 0 Å². The molecule has 2 unspecified atom stereocenters. The Kier molecular flexibility index (Phi) is 4.20. The fourth-order valence-corrected chi connectivity index (χ4v) is 2.62. The van der Waals surface area contributed by atoms with Crippen molar-refractivity contribution in [1.82, 2.24) is 0 Å². The maximum Gasteiger partial charge on any atom is 0.152 e. The molecule has 1 aromatic rings. The van der Waals surface area contributed by atoms with Crippen molar-refractivity contribution in [3.8, 4) is 0 Å². The highest BCUT2D eigenvalue weighted by Gasteiger charge is 2.19. The second-order valence-electron chi connectivity index (χ2n) is 5.51. The molecule has 0 amide bonds. The standard InChI is InChI=1S/C15H21F2N/c1-10-4-3-5-12(8-6-10)18-15-13(16)9-7-11(2)14(15)17/h7,9-10,12,18H,3-6,8H2,1-2H3. The summed E-state index contributed by atoms with van der Waals surface area (Å²) < 4.78 is 27.6. The van der Waals surface area contributed by atoms with Crippen molar-refractivity contribution in [2.45, 2.75) is 52.0 Å². The highest BCUT2D eigenvalue weighted by molar-refractivity contribution is 5.49. The lowest BCUT2D eigenvalue weighted by molar-refractivity contribution is 0.501. The van der Waals surface area contributed by atoms with Crippen molar-refractivity contribution < 1.29 is 8.78 Å². The first-order valence-corrected chi connectivity index (χ1v) is 6.79. The van der Waals surface area contributed by atoms with Crippen LogP contribution in [0.2, 0.25) is 0 Å². The van der Waals surface area contributed by atoms with E-state index < -0.39 is 11.6 Å². The van der Waals surface area contributed by atoms with Crippen molar-refractivity contribution in [3.63, 3.8) is 0 Å². The van der Waals surface area contributed by atoms with Crippen LogP contribution in [0.4, 0.5) is 14.5 Å². The van der Waals surface area contributed by atoms with Crippen LogP contribution < -0.4 is 5.32 Å². The van der Waals surface area contributed by atoms with Crippen LogP contribution in [-0.4, -0.2) is 6.04 Å². The predicted octanol–water partition coefficient (Wildman–Crippen LogP) is 4.65. The van der Waals surface area contributed by atoms with Gasteiger partial charge in [0.2, 0.25) is 0 Å². The topological polar surface area (TPSA) is 12.0 Å². The molecule has 2 atom stereocenters. The van der Waals surface area contributed by atoms with Crippen molar-refractivity contribution in [3.05, 3.63) is 29.3 Å². The van der Waals surface area contributed by atoms with Gasteiger partial charge in [0.1, 0.15) is 11.5 Å². The number of rotatable bonds is 2. The fourth-order valence-electron chi connectivity index (χ4n) is 2.62. The summed E-state index contributed by atoms with van der Waals surface area (Å²) in [6, 6.07) is 3.01. The molecule has 2 rings (SSSR count). The van der Waals surface area contributed by atoms with E-state index in [9.17, 15) is 8.78 Å². The summed E-state index contributed by atoms with van der Waals surface area (Å²) in [5, 5.41) is 3.07. The molecule has 0 aromatic heterocycles. The lowest BCUT2D eigenvalue weighted by Crippen LogP contribution is -2.20. The molecular weight excluding hydrogens is 232 g/mol. The smallest absolute Gasteiger partial charge is 0.152 e. The van der Waals surface area contributed by atoms with Gasteiger partial charge in [-0.2, -0.15) is 0 Å². The predicted molar refractivity (Wildman–Crippen MR) is 70.8 cm³/mol. The first-order chi connectivity index (χ1) is 8.58. The van der Waals surface area contributed by atoms with Crippen molar-refractivity contribution in [2.75, 3.05) is 5.32 Å². The molecule has 100 valence electrons. The quantitative estimate of drug-likeness (QED) is 0.756. The monoisotopic (exact) mass is 253 g/mol. The number of halogens is 2. The van der Waals surface area contributed by atoms with Gasteiger partial charge in [0.05, 0.1) is 0 Å². The molecule has 1 N–H and O–H groups in total. The minimum atomic E-state index is -0.490.